The Bertz CT molecular complexity index is 1530. The molecule has 0 N–H and O–H groups in total. The van der Waals surface area contributed by atoms with Crippen molar-refractivity contribution in [1.29, 1.82) is 0 Å². The lowest BCUT2D eigenvalue weighted by atomic mass is 9.32. The third kappa shape index (κ3) is 5.48. The molecule has 204 valence electrons. The van der Waals surface area contributed by atoms with Crippen LogP contribution in [0.3, 0.4) is 0 Å². The highest BCUT2D eigenvalue weighted by molar-refractivity contribution is 6.97. The third-order valence-corrected chi connectivity index (χ3v) is 8.74. The highest BCUT2D eigenvalue weighted by atomic mass is 15.1. The van der Waals surface area contributed by atoms with Gasteiger partial charge in [-0.15, -0.1) is 0 Å². The minimum atomic E-state index is 0.166. The second kappa shape index (κ2) is 11.4. The standard InChI is InChI=1S/C38H44BN/c1-23-19-25(3)36(26(4)20-23)39(37-27(5)21-24(2)22-28(37)6)38-31(9)29(7)35(30(8)32(38)10)18-15-33-13-16-34(17-14-33)40(11)12/h13-14,16-17,19-22H,1-12H3. The molecule has 0 fully saturated rings. The normalized spacial score (nSPS) is 10.8. The van der Waals surface area contributed by atoms with Crippen LogP contribution >= 0.6 is 0 Å². The lowest BCUT2D eigenvalue weighted by molar-refractivity contribution is 1.13. The summed E-state index contributed by atoms with van der Waals surface area (Å²) in [6, 6.07) is 17.9. The molecule has 0 aliphatic heterocycles. The fourth-order valence-corrected chi connectivity index (χ4v) is 6.67. The molecule has 0 aromatic heterocycles. The average molecular weight is 526 g/mol. The molecule has 0 aliphatic rings. The predicted molar refractivity (Wildman–Crippen MR) is 178 cm³/mol. The molecule has 40 heavy (non-hydrogen) atoms. The van der Waals surface area contributed by atoms with Gasteiger partial charge >= 0.3 is 0 Å². The third-order valence-electron chi connectivity index (χ3n) is 8.74. The van der Waals surface area contributed by atoms with Crippen molar-refractivity contribution >= 4 is 28.8 Å². The molecule has 0 aliphatic carbocycles. The topological polar surface area (TPSA) is 3.24 Å². The highest BCUT2D eigenvalue weighted by Gasteiger charge is 2.32. The first kappa shape index (κ1) is 29.3. The van der Waals surface area contributed by atoms with E-state index < -0.39 is 0 Å². The monoisotopic (exact) mass is 525 g/mol. The molecule has 4 aromatic carbocycles. The molecule has 1 nitrogen and oxygen atoms in total. The Labute approximate surface area is 243 Å². The molecule has 0 atom stereocenters. The van der Waals surface area contributed by atoms with E-state index in [4.69, 9.17) is 0 Å². The summed E-state index contributed by atoms with van der Waals surface area (Å²) in [6.07, 6.45) is 0. The first-order valence-electron chi connectivity index (χ1n) is 14.4. The molecule has 4 rings (SSSR count). The minimum absolute atomic E-state index is 0.166. The summed E-state index contributed by atoms with van der Waals surface area (Å²) in [5.74, 6) is 7.03. The Morgan fingerprint density at radius 1 is 0.500 bits per heavy atom. The smallest absolute Gasteiger partial charge is 0.243 e. The number of benzene rings is 4. The molecule has 0 unspecified atom stereocenters. The van der Waals surface area contributed by atoms with Gasteiger partial charge in [-0.25, -0.2) is 0 Å². The van der Waals surface area contributed by atoms with Gasteiger partial charge < -0.3 is 4.90 Å². The van der Waals surface area contributed by atoms with Gasteiger partial charge in [0.15, 0.2) is 0 Å². The number of nitrogens with zero attached hydrogens (tertiary/aromatic N) is 1. The Kier molecular flexibility index (Phi) is 8.37. The predicted octanol–water partition coefficient (Wildman–Crippen LogP) is 6.75. The molecular formula is C38H44BN. The van der Waals surface area contributed by atoms with Gasteiger partial charge in [0.05, 0.1) is 0 Å². The van der Waals surface area contributed by atoms with Gasteiger partial charge in [0.25, 0.3) is 0 Å². The van der Waals surface area contributed by atoms with Gasteiger partial charge in [-0.3, -0.25) is 0 Å². The summed E-state index contributed by atoms with van der Waals surface area (Å²) >= 11 is 0. The number of anilines is 1. The van der Waals surface area contributed by atoms with Crippen molar-refractivity contribution in [3.8, 4) is 11.8 Å². The number of hydrogen-bond acceptors (Lipinski definition) is 1. The van der Waals surface area contributed by atoms with Gasteiger partial charge in [0.2, 0.25) is 6.71 Å². The van der Waals surface area contributed by atoms with E-state index in [0.717, 1.165) is 11.1 Å². The van der Waals surface area contributed by atoms with Crippen LogP contribution in [0.15, 0.2) is 48.5 Å². The van der Waals surface area contributed by atoms with Crippen LogP contribution in [0.4, 0.5) is 5.69 Å². The van der Waals surface area contributed by atoms with E-state index in [0.29, 0.717) is 0 Å². The fourth-order valence-electron chi connectivity index (χ4n) is 6.67. The maximum atomic E-state index is 3.57. The molecule has 2 heteroatoms. The van der Waals surface area contributed by atoms with Crippen LogP contribution in [-0.4, -0.2) is 20.8 Å². The first-order chi connectivity index (χ1) is 18.8. The maximum Gasteiger partial charge on any atom is 0.243 e. The van der Waals surface area contributed by atoms with Crippen LogP contribution in [0.5, 0.6) is 0 Å². The van der Waals surface area contributed by atoms with Crippen molar-refractivity contribution in [2.24, 2.45) is 0 Å². The van der Waals surface area contributed by atoms with Crippen LogP contribution in [0, 0.1) is 81.1 Å². The zero-order chi connectivity index (χ0) is 29.5. The van der Waals surface area contributed by atoms with Crippen molar-refractivity contribution in [2.45, 2.75) is 69.2 Å². The average Bonchev–Trinajstić information content (AvgIpc) is 2.86. The maximum absolute atomic E-state index is 3.57. The molecular weight excluding hydrogens is 481 g/mol. The van der Waals surface area contributed by atoms with E-state index in [9.17, 15) is 0 Å². The van der Waals surface area contributed by atoms with Crippen LogP contribution in [-0.2, 0) is 0 Å². The Balaban J connectivity index is 1.98. The van der Waals surface area contributed by atoms with Crippen LogP contribution < -0.4 is 21.3 Å². The summed E-state index contributed by atoms with van der Waals surface area (Å²) < 4.78 is 0. The highest BCUT2D eigenvalue weighted by Crippen LogP contribution is 2.23. The zero-order valence-electron chi connectivity index (χ0n) is 26.6. The molecule has 0 radical (unpaired) electrons. The van der Waals surface area contributed by atoms with Crippen LogP contribution in [0.1, 0.15) is 66.8 Å². The van der Waals surface area contributed by atoms with Crippen molar-refractivity contribution < 1.29 is 0 Å². The van der Waals surface area contributed by atoms with E-state index in [-0.39, 0.29) is 6.71 Å². The number of rotatable bonds is 4. The summed E-state index contributed by atoms with van der Waals surface area (Å²) in [6.45, 7) is 22.8. The molecule has 0 saturated carbocycles. The molecule has 0 spiro atoms. The lowest BCUT2D eigenvalue weighted by Gasteiger charge is -2.29. The molecule has 4 aromatic rings. The number of aryl methyl sites for hydroxylation is 6. The van der Waals surface area contributed by atoms with E-state index >= 15 is 0 Å². The van der Waals surface area contributed by atoms with Crippen molar-refractivity contribution in [3.63, 3.8) is 0 Å². The zero-order valence-corrected chi connectivity index (χ0v) is 26.6. The SMILES string of the molecule is Cc1cc(C)c(B(c2c(C)cc(C)cc2C)c2c(C)c(C)c(C#Cc3ccc(N(C)C)cc3)c(C)c2C)c(C)c1. The van der Waals surface area contributed by atoms with E-state index in [1.54, 1.807) is 0 Å². The van der Waals surface area contributed by atoms with E-state index in [1.165, 1.54) is 77.7 Å². The van der Waals surface area contributed by atoms with Crippen molar-refractivity contribution in [1.82, 2.24) is 0 Å². The van der Waals surface area contributed by atoms with Crippen molar-refractivity contribution in [2.75, 3.05) is 19.0 Å². The van der Waals surface area contributed by atoms with E-state index in [1.807, 2.05) is 0 Å². The molecule has 0 bridgehead atoms. The first-order valence-corrected chi connectivity index (χ1v) is 14.4. The molecule has 0 saturated heterocycles. The largest absolute Gasteiger partial charge is 0.378 e. The second-order valence-corrected chi connectivity index (χ2v) is 12.0. The van der Waals surface area contributed by atoms with Gasteiger partial charge in [-0.2, -0.15) is 0 Å². The summed E-state index contributed by atoms with van der Waals surface area (Å²) in [5.41, 5.74) is 21.0. The number of hydrogen-bond donors (Lipinski definition) is 0. The molecule has 0 amide bonds. The molecule has 0 heterocycles. The van der Waals surface area contributed by atoms with E-state index in [2.05, 4.69) is 149 Å². The van der Waals surface area contributed by atoms with Gasteiger partial charge in [0.1, 0.15) is 0 Å². The van der Waals surface area contributed by atoms with Crippen LogP contribution in [0.2, 0.25) is 0 Å². The summed E-state index contributed by atoms with van der Waals surface area (Å²) in [5, 5.41) is 0. The van der Waals surface area contributed by atoms with Gasteiger partial charge in [-0.05, 0) is 105 Å². The Morgan fingerprint density at radius 3 is 1.27 bits per heavy atom. The minimum Gasteiger partial charge on any atom is -0.378 e. The second-order valence-electron chi connectivity index (χ2n) is 12.0. The Morgan fingerprint density at radius 2 is 0.900 bits per heavy atom. The fraction of sp³-hybridized carbons (Fsp3) is 0.316. The lowest BCUT2D eigenvalue weighted by Crippen LogP contribution is -2.57. The van der Waals surface area contributed by atoms with Crippen LogP contribution in [0.25, 0.3) is 0 Å². The Hall–Kier alpha value is -3.70. The van der Waals surface area contributed by atoms with Crippen molar-refractivity contribution in [3.05, 3.63) is 115 Å². The van der Waals surface area contributed by atoms with Gasteiger partial charge in [-0.1, -0.05) is 97.0 Å². The quantitative estimate of drug-likeness (QED) is 0.210. The van der Waals surface area contributed by atoms with Gasteiger partial charge in [0, 0.05) is 30.9 Å². The summed E-state index contributed by atoms with van der Waals surface area (Å²) in [4.78, 5) is 2.11. The summed E-state index contributed by atoms with van der Waals surface area (Å²) in [7, 11) is 4.12.